The van der Waals surface area contributed by atoms with Gasteiger partial charge in [0.05, 0.1) is 11.4 Å². The third kappa shape index (κ3) is 2.30. The van der Waals surface area contributed by atoms with Gasteiger partial charge in [0.1, 0.15) is 0 Å². The highest BCUT2D eigenvalue weighted by molar-refractivity contribution is 5.74. The number of para-hydroxylation sites is 1. The number of fused-ring (bicyclic) bond motifs is 1. The number of benzene rings is 1. The van der Waals surface area contributed by atoms with Gasteiger partial charge in [-0.05, 0) is 31.4 Å². The van der Waals surface area contributed by atoms with Crippen LogP contribution >= 0.6 is 0 Å². The summed E-state index contributed by atoms with van der Waals surface area (Å²) < 4.78 is 5.35. The molecule has 0 unspecified atom stereocenters. The average molecular weight is 220 g/mol. The van der Waals surface area contributed by atoms with Crippen LogP contribution in [0.5, 0.6) is 0 Å². The van der Waals surface area contributed by atoms with Crippen molar-refractivity contribution in [2.45, 2.75) is 19.8 Å². The van der Waals surface area contributed by atoms with Crippen molar-refractivity contribution in [2.75, 3.05) is 36.9 Å². The molecule has 0 amide bonds. The number of hydrogen-bond donors (Lipinski definition) is 1. The molecule has 0 atom stereocenters. The summed E-state index contributed by atoms with van der Waals surface area (Å²) in [7, 11) is 0. The van der Waals surface area contributed by atoms with E-state index in [1.54, 1.807) is 0 Å². The van der Waals surface area contributed by atoms with Crippen molar-refractivity contribution in [3.63, 3.8) is 0 Å². The summed E-state index contributed by atoms with van der Waals surface area (Å²) in [5.74, 6) is 0. The van der Waals surface area contributed by atoms with Crippen LogP contribution in [0.15, 0.2) is 18.2 Å². The molecular weight excluding hydrogens is 200 g/mol. The molecule has 88 valence electrons. The molecule has 0 aromatic heterocycles. The van der Waals surface area contributed by atoms with Crippen LogP contribution in [0.2, 0.25) is 0 Å². The number of nitrogen functional groups attached to an aromatic ring is 1. The summed E-state index contributed by atoms with van der Waals surface area (Å²) in [5, 5.41) is 0. The molecule has 0 saturated heterocycles. The van der Waals surface area contributed by atoms with Crippen molar-refractivity contribution in [2.24, 2.45) is 0 Å². The van der Waals surface area contributed by atoms with Crippen LogP contribution in [0, 0.1) is 0 Å². The molecule has 1 aromatic rings. The summed E-state index contributed by atoms with van der Waals surface area (Å²) in [4.78, 5) is 2.38. The molecule has 2 rings (SSSR count). The van der Waals surface area contributed by atoms with E-state index in [1.165, 1.54) is 11.3 Å². The van der Waals surface area contributed by atoms with Crippen LogP contribution in [0.4, 0.5) is 11.4 Å². The third-order valence-corrected chi connectivity index (χ3v) is 3.04. The summed E-state index contributed by atoms with van der Waals surface area (Å²) in [6.07, 6.45) is 2.19. The molecule has 0 aliphatic carbocycles. The van der Waals surface area contributed by atoms with Crippen LogP contribution in [-0.2, 0) is 11.2 Å². The zero-order valence-corrected chi connectivity index (χ0v) is 9.91. The first-order valence-corrected chi connectivity index (χ1v) is 6.03. The van der Waals surface area contributed by atoms with E-state index in [1.807, 2.05) is 19.1 Å². The van der Waals surface area contributed by atoms with Gasteiger partial charge in [0.15, 0.2) is 0 Å². The molecule has 1 aliphatic rings. The van der Waals surface area contributed by atoms with Gasteiger partial charge in [0, 0.05) is 26.3 Å². The Bertz CT molecular complexity index is 352. The van der Waals surface area contributed by atoms with Crippen molar-refractivity contribution in [3.8, 4) is 0 Å². The first-order chi connectivity index (χ1) is 7.83. The minimum absolute atomic E-state index is 0.804. The highest BCUT2D eigenvalue weighted by Gasteiger charge is 2.20. The molecule has 2 N–H and O–H groups in total. The van der Waals surface area contributed by atoms with Gasteiger partial charge in [-0.15, -0.1) is 0 Å². The molecule has 3 nitrogen and oxygen atoms in total. The number of ether oxygens (including phenoxy) is 1. The van der Waals surface area contributed by atoms with E-state index in [0.717, 1.165) is 44.8 Å². The lowest BCUT2D eigenvalue weighted by Crippen LogP contribution is -2.23. The van der Waals surface area contributed by atoms with E-state index in [4.69, 9.17) is 10.5 Å². The second-order valence-corrected chi connectivity index (χ2v) is 4.14. The van der Waals surface area contributed by atoms with E-state index in [0.29, 0.717) is 0 Å². The van der Waals surface area contributed by atoms with Gasteiger partial charge in [-0.3, -0.25) is 0 Å². The zero-order valence-electron chi connectivity index (χ0n) is 9.91. The molecule has 0 radical (unpaired) electrons. The summed E-state index contributed by atoms with van der Waals surface area (Å²) >= 11 is 0. The third-order valence-electron chi connectivity index (χ3n) is 3.04. The fourth-order valence-electron chi connectivity index (χ4n) is 2.29. The number of rotatable bonds is 5. The Kier molecular flexibility index (Phi) is 3.67. The van der Waals surface area contributed by atoms with Gasteiger partial charge in [-0.25, -0.2) is 0 Å². The molecule has 1 heterocycles. The van der Waals surface area contributed by atoms with E-state index < -0.39 is 0 Å². The number of hydrogen-bond acceptors (Lipinski definition) is 3. The van der Waals surface area contributed by atoms with Gasteiger partial charge in [-0.2, -0.15) is 0 Å². The monoisotopic (exact) mass is 220 g/mol. The van der Waals surface area contributed by atoms with Crippen LogP contribution in [0.1, 0.15) is 18.9 Å². The van der Waals surface area contributed by atoms with Gasteiger partial charge >= 0.3 is 0 Å². The highest BCUT2D eigenvalue weighted by Crippen LogP contribution is 2.33. The lowest BCUT2D eigenvalue weighted by Gasteiger charge is -2.20. The summed E-state index contributed by atoms with van der Waals surface area (Å²) in [6, 6.07) is 6.20. The van der Waals surface area contributed by atoms with Crippen molar-refractivity contribution < 1.29 is 4.74 Å². The Morgan fingerprint density at radius 2 is 2.31 bits per heavy atom. The largest absolute Gasteiger partial charge is 0.397 e. The van der Waals surface area contributed by atoms with Crippen molar-refractivity contribution in [3.05, 3.63) is 23.8 Å². The van der Waals surface area contributed by atoms with Gasteiger partial charge < -0.3 is 15.4 Å². The first-order valence-electron chi connectivity index (χ1n) is 6.03. The molecule has 16 heavy (non-hydrogen) atoms. The normalized spacial score (nSPS) is 14.2. The van der Waals surface area contributed by atoms with E-state index in [9.17, 15) is 0 Å². The minimum atomic E-state index is 0.804. The van der Waals surface area contributed by atoms with Crippen LogP contribution in [0.3, 0.4) is 0 Å². The maximum atomic E-state index is 6.02. The summed E-state index contributed by atoms with van der Waals surface area (Å²) in [5.41, 5.74) is 9.56. The van der Waals surface area contributed by atoms with Crippen LogP contribution < -0.4 is 10.6 Å². The highest BCUT2D eigenvalue weighted by atomic mass is 16.5. The molecule has 1 aliphatic heterocycles. The topological polar surface area (TPSA) is 38.5 Å². The molecular formula is C13H20N2O. The maximum absolute atomic E-state index is 6.02. The van der Waals surface area contributed by atoms with Crippen LogP contribution in [-0.4, -0.2) is 26.3 Å². The molecule has 1 aromatic carbocycles. The lowest BCUT2D eigenvalue weighted by atomic mass is 10.1. The van der Waals surface area contributed by atoms with Crippen LogP contribution in [0.25, 0.3) is 0 Å². The average Bonchev–Trinajstić information content (AvgIpc) is 2.69. The van der Waals surface area contributed by atoms with Crippen molar-refractivity contribution >= 4 is 11.4 Å². The second kappa shape index (κ2) is 5.21. The maximum Gasteiger partial charge on any atom is 0.0633 e. The molecule has 3 heteroatoms. The van der Waals surface area contributed by atoms with Gasteiger partial charge in [0.2, 0.25) is 0 Å². The van der Waals surface area contributed by atoms with Gasteiger partial charge in [0.25, 0.3) is 0 Å². The second-order valence-electron chi connectivity index (χ2n) is 4.14. The molecule has 0 fully saturated rings. The number of nitrogens with zero attached hydrogens (tertiary/aromatic N) is 1. The zero-order chi connectivity index (χ0) is 11.4. The Morgan fingerprint density at radius 3 is 3.12 bits per heavy atom. The Hall–Kier alpha value is -1.22. The first kappa shape index (κ1) is 11.3. The standard InChI is InChI=1S/C13H20N2O/c1-2-16-10-4-8-15-9-7-11-5-3-6-12(14)13(11)15/h3,5-6H,2,4,7-10,14H2,1H3. The van der Waals surface area contributed by atoms with Crippen molar-refractivity contribution in [1.29, 1.82) is 0 Å². The summed E-state index contributed by atoms with van der Waals surface area (Å²) in [6.45, 7) is 5.81. The predicted molar refractivity (Wildman–Crippen MR) is 67.9 cm³/mol. The van der Waals surface area contributed by atoms with Gasteiger partial charge in [-0.1, -0.05) is 12.1 Å². The fraction of sp³-hybridized carbons (Fsp3) is 0.538. The fourth-order valence-corrected chi connectivity index (χ4v) is 2.29. The predicted octanol–water partition coefficient (Wildman–Crippen LogP) is 2.06. The SMILES string of the molecule is CCOCCCN1CCc2cccc(N)c21. The van der Waals surface area contributed by atoms with E-state index >= 15 is 0 Å². The Morgan fingerprint density at radius 1 is 1.44 bits per heavy atom. The molecule has 0 saturated carbocycles. The number of anilines is 2. The van der Waals surface area contributed by atoms with Crippen molar-refractivity contribution in [1.82, 2.24) is 0 Å². The van der Waals surface area contributed by atoms with E-state index in [-0.39, 0.29) is 0 Å². The van der Waals surface area contributed by atoms with E-state index in [2.05, 4.69) is 11.0 Å². The smallest absolute Gasteiger partial charge is 0.0633 e. The lowest BCUT2D eigenvalue weighted by molar-refractivity contribution is 0.146. The molecule has 0 spiro atoms. The Labute approximate surface area is 97.2 Å². The quantitative estimate of drug-likeness (QED) is 0.609. The Balaban J connectivity index is 1.95. The minimum Gasteiger partial charge on any atom is -0.397 e. The molecule has 0 bridgehead atoms. The number of nitrogens with two attached hydrogens (primary N) is 1.